The Labute approximate surface area is 151 Å². The van der Waals surface area contributed by atoms with Gasteiger partial charge in [-0.3, -0.25) is 15.5 Å². The van der Waals surface area contributed by atoms with Crippen molar-refractivity contribution >= 4 is 33.6 Å². The molecule has 0 atom stereocenters. The summed E-state index contributed by atoms with van der Waals surface area (Å²) in [5.41, 5.74) is 1.45. The number of hydrogen-bond donors (Lipinski definition) is 1. The molecule has 2 aromatic carbocycles. The number of ether oxygens (including phenoxy) is 1. The minimum atomic E-state index is -0.691. The second kappa shape index (κ2) is 6.41. The summed E-state index contributed by atoms with van der Waals surface area (Å²) in [5.74, 6) is -0.691. The summed E-state index contributed by atoms with van der Waals surface area (Å²) in [6.45, 7) is -0.108. The predicted molar refractivity (Wildman–Crippen MR) is 94.1 cm³/mol. The Balaban J connectivity index is 1.65. The van der Waals surface area contributed by atoms with Crippen LogP contribution in [0, 0.1) is 15.5 Å². The number of nitro groups is 1. The number of esters is 1. The van der Waals surface area contributed by atoms with Gasteiger partial charge in [-0.15, -0.1) is 0 Å². The van der Waals surface area contributed by atoms with Crippen LogP contribution in [0.4, 0.5) is 5.69 Å². The first-order valence-electron chi connectivity index (χ1n) is 7.91. The Hall–Kier alpha value is -3.94. The van der Waals surface area contributed by atoms with Crippen LogP contribution in [0.3, 0.4) is 0 Å². The van der Waals surface area contributed by atoms with Crippen molar-refractivity contribution in [1.29, 1.82) is 5.41 Å². The number of nitrogens with one attached hydrogen (secondary N) is 1. The lowest BCUT2D eigenvalue weighted by molar-refractivity contribution is -0.384. The second-order valence-corrected chi connectivity index (χ2v) is 5.83. The van der Waals surface area contributed by atoms with Gasteiger partial charge >= 0.3 is 5.97 Å². The molecule has 0 aliphatic rings. The Morgan fingerprint density at radius 3 is 2.81 bits per heavy atom. The number of furan rings is 1. The summed E-state index contributed by atoms with van der Waals surface area (Å²) < 4.78 is 16.0. The Kier molecular flexibility index (Phi) is 3.92. The van der Waals surface area contributed by atoms with E-state index in [9.17, 15) is 14.9 Å². The zero-order valence-electron chi connectivity index (χ0n) is 13.8. The number of nitrogens with zero attached hydrogens (tertiary/aromatic N) is 1. The molecule has 0 saturated carbocycles. The van der Waals surface area contributed by atoms with E-state index in [2.05, 4.69) is 0 Å². The van der Waals surface area contributed by atoms with E-state index in [0.717, 1.165) is 11.5 Å². The highest BCUT2D eigenvalue weighted by molar-refractivity contribution is 5.95. The summed E-state index contributed by atoms with van der Waals surface area (Å²) in [4.78, 5) is 22.5. The van der Waals surface area contributed by atoms with E-state index in [1.807, 2.05) is 6.07 Å². The summed E-state index contributed by atoms with van der Waals surface area (Å²) in [6, 6.07) is 12.1. The highest BCUT2D eigenvalue weighted by Gasteiger charge is 2.14. The molecule has 4 aromatic rings. The Morgan fingerprint density at radius 1 is 1.15 bits per heavy atom. The minimum absolute atomic E-state index is 0.0810. The van der Waals surface area contributed by atoms with Crippen LogP contribution in [-0.4, -0.2) is 10.9 Å². The smallest absolute Gasteiger partial charge is 0.338 e. The molecule has 2 aromatic heterocycles. The Morgan fingerprint density at radius 2 is 2.00 bits per heavy atom. The third-order valence-corrected chi connectivity index (χ3v) is 4.08. The van der Waals surface area contributed by atoms with Crippen molar-refractivity contribution in [2.75, 3.05) is 0 Å². The molecule has 0 fully saturated rings. The quantitative estimate of drug-likeness (QED) is 0.333. The van der Waals surface area contributed by atoms with Crippen LogP contribution in [0.2, 0.25) is 0 Å². The van der Waals surface area contributed by atoms with Crippen LogP contribution in [0.1, 0.15) is 15.9 Å². The van der Waals surface area contributed by atoms with E-state index < -0.39 is 10.9 Å². The molecule has 134 valence electrons. The zero-order chi connectivity index (χ0) is 19.0. The molecule has 27 heavy (non-hydrogen) atoms. The van der Waals surface area contributed by atoms with Crippen LogP contribution in [0.25, 0.3) is 21.9 Å². The van der Waals surface area contributed by atoms with Crippen molar-refractivity contribution in [3.8, 4) is 0 Å². The van der Waals surface area contributed by atoms with Gasteiger partial charge in [-0.25, -0.2) is 4.79 Å². The molecule has 0 radical (unpaired) electrons. The molecule has 8 heteroatoms. The zero-order valence-corrected chi connectivity index (χ0v) is 13.8. The van der Waals surface area contributed by atoms with Gasteiger partial charge in [0, 0.05) is 40.6 Å². The maximum atomic E-state index is 12.3. The summed E-state index contributed by atoms with van der Waals surface area (Å²) >= 11 is 0. The van der Waals surface area contributed by atoms with E-state index in [1.54, 1.807) is 18.4 Å². The molecule has 0 saturated heterocycles. The SMILES string of the molecule is N=c1cc(COC(=O)c2cccc([N+](=O)[O-])c2)c2cc3ccoc3cc2o1. The normalized spacial score (nSPS) is 11.0. The molecule has 1 N–H and O–H groups in total. The van der Waals surface area contributed by atoms with Crippen molar-refractivity contribution in [3.05, 3.63) is 81.6 Å². The van der Waals surface area contributed by atoms with Crippen LogP contribution >= 0.6 is 0 Å². The first-order chi connectivity index (χ1) is 13.0. The average Bonchev–Trinajstić information content (AvgIpc) is 3.11. The third-order valence-electron chi connectivity index (χ3n) is 4.08. The third kappa shape index (κ3) is 3.15. The molecule has 0 aliphatic carbocycles. The Bertz CT molecular complexity index is 1250. The lowest BCUT2D eigenvalue weighted by Gasteiger charge is -2.08. The largest absolute Gasteiger partial charge is 0.464 e. The summed E-state index contributed by atoms with van der Waals surface area (Å²) in [7, 11) is 0. The monoisotopic (exact) mass is 364 g/mol. The highest BCUT2D eigenvalue weighted by atomic mass is 16.6. The van der Waals surface area contributed by atoms with E-state index in [-0.39, 0.29) is 23.4 Å². The van der Waals surface area contributed by atoms with E-state index in [1.165, 1.54) is 24.3 Å². The van der Waals surface area contributed by atoms with E-state index >= 15 is 0 Å². The first-order valence-corrected chi connectivity index (χ1v) is 7.91. The number of benzene rings is 2. The van der Waals surface area contributed by atoms with Crippen LogP contribution in [-0.2, 0) is 11.3 Å². The molecule has 2 heterocycles. The van der Waals surface area contributed by atoms with Crippen molar-refractivity contribution in [2.24, 2.45) is 0 Å². The van der Waals surface area contributed by atoms with Crippen molar-refractivity contribution in [3.63, 3.8) is 0 Å². The predicted octanol–water partition coefficient (Wildman–Crippen LogP) is 3.92. The van der Waals surface area contributed by atoms with Crippen molar-refractivity contribution in [2.45, 2.75) is 6.61 Å². The van der Waals surface area contributed by atoms with Gasteiger partial charge < -0.3 is 13.6 Å². The van der Waals surface area contributed by atoms with Gasteiger partial charge in [-0.1, -0.05) is 6.07 Å². The molecule has 0 bridgehead atoms. The van der Waals surface area contributed by atoms with Gasteiger partial charge in [0.05, 0.1) is 16.7 Å². The molecule has 0 amide bonds. The molecule has 0 unspecified atom stereocenters. The minimum Gasteiger partial charge on any atom is -0.464 e. The van der Waals surface area contributed by atoms with Gasteiger partial charge in [0.1, 0.15) is 17.8 Å². The number of hydrogen-bond acceptors (Lipinski definition) is 7. The first kappa shape index (κ1) is 16.5. The van der Waals surface area contributed by atoms with E-state index in [0.29, 0.717) is 22.1 Å². The van der Waals surface area contributed by atoms with E-state index in [4.69, 9.17) is 19.0 Å². The lowest BCUT2D eigenvalue weighted by Crippen LogP contribution is -2.08. The van der Waals surface area contributed by atoms with Crippen molar-refractivity contribution in [1.82, 2.24) is 0 Å². The van der Waals surface area contributed by atoms with Crippen LogP contribution < -0.4 is 5.55 Å². The fourth-order valence-electron chi connectivity index (χ4n) is 2.80. The van der Waals surface area contributed by atoms with Gasteiger partial charge in [0.2, 0.25) is 5.55 Å². The molecular formula is C19H12N2O6. The molecule has 0 aliphatic heterocycles. The standard InChI is InChI=1S/C19H12N2O6/c20-18-8-13(15-7-11-4-5-25-16(11)9-17(15)27-18)10-26-19(22)12-2-1-3-14(6-12)21(23)24/h1-9,20H,10H2. The molecule has 0 spiro atoms. The number of rotatable bonds is 4. The van der Waals surface area contributed by atoms with Gasteiger partial charge in [-0.05, 0) is 18.2 Å². The van der Waals surface area contributed by atoms with Gasteiger partial charge in [0.25, 0.3) is 5.69 Å². The lowest BCUT2D eigenvalue weighted by atomic mass is 10.1. The van der Waals surface area contributed by atoms with Gasteiger partial charge in [-0.2, -0.15) is 0 Å². The maximum Gasteiger partial charge on any atom is 0.338 e. The average molecular weight is 364 g/mol. The highest BCUT2D eigenvalue weighted by Crippen LogP contribution is 2.26. The van der Waals surface area contributed by atoms with Crippen LogP contribution in [0.5, 0.6) is 0 Å². The van der Waals surface area contributed by atoms with Gasteiger partial charge in [0.15, 0.2) is 0 Å². The fourth-order valence-corrected chi connectivity index (χ4v) is 2.80. The van der Waals surface area contributed by atoms with Crippen molar-refractivity contribution < 1.29 is 23.3 Å². The topological polar surface area (TPSA) is 120 Å². The molecular weight excluding hydrogens is 352 g/mol. The fraction of sp³-hybridized carbons (Fsp3) is 0.0526. The maximum absolute atomic E-state index is 12.3. The number of nitro benzene ring substituents is 1. The molecule has 4 rings (SSSR count). The molecule has 8 nitrogen and oxygen atoms in total. The summed E-state index contributed by atoms with van der Waals surface area (Å²) in [6.07, 6.45) is 1.55. The van der Waals surface area contributed by atoms with Crippen LogP contribution in [0.15, 0.2) is 63.6 Å². The second-order valence-electron chi connectivity index (χ2n) is 5.83. The summed E-state index contributed by atoms with van der Waals surface area (Å²) in [5, 5.41) is 20.2. The number of fused-ring (bicyclic) bond motifs is 2. The number of carbonyl (C=O) groups is 1. The number of non-ortho nitro benzene ring substituents is 1. The number of carbonyl (C=O) groups excluding carboxylic acids is 1.